The fourth-order valence-corrected chi connectivity index (χ4v) is 2.94. The second-order valence-corrected chi connectivity index (χ2v) is 5.90. The molecule has 0 bridgehead atoms. The number of hydrogen-bond acceptors (Lipinski definition) is 2. The maximum Gasteiger partial charge on any atom is 0.270 e. The number of rotatable bonds is 3. The van der Waals surface area contributed by atoms with Gasteiger partial charge in [-0.25, -0.2) is 0 Å². The van der Waals surface area contributed by atoms with E-state index >= 15 is 0 Å². The molecular weight excluding hydrogens is 294 g/mol. The summed E-state index contributed by atoms with van der Waals surface area (Å²) in [7, 11) is 0. The minimum absolute atomic E-state index is 0.116. The Morgan fingerprint density at radius 3 is 2.94 bits per heavy atom. The van der Waals surface area contributed by atoms with Crippen LogP contribution in [0.3, 0.4) is 0 Å². The van der Waals surface area contributed by atoms with Crippen LogP contribution in [0.5, 0.6) is 0 Å². The molecule has 5 heteroatoms. The zero-order valence-electron chi connectivity index (χ0n) is 10.9. The van der Waals surface area contributed by atoms with Crippen LogP contribution >= 0.6 is 15.9 Å². The van der Waals surface area contributed by atoms with Crippen LogP contribution in [0, 0.1) is 5.92 Å². The topological polar surface area (TPSA) is 51.3 Å². The van der Waals surface area contributed by atoms with Gasteiger partial charge in [0, 0.05) is 36.3 Å². The van der Waals surface area contributed by atoms with Crippen LogP contribution in [-0.2, 0) is 6.54 Å². The Balaban J connectivity index is 2.12. The molecule has 100 valence electrons. The van der Waals surface area contributed by atoms with Crippen LogP contribution < -0.4 is 5.73 Å². The number of nitrogens with zero attached hydrogens (tertiary/aromatic N) is 2. The molecule has 1 aromatic rings. The van der Waals surface area contributed by atoms with Crippen LogP contribution in [0.25, 0.3) is 0 Å². The highest BCUT2D eigenvalue weighted by atomic mass is 79.9. The Labute approximate surface area is 116 Å². The van der Waals surface area contributed by atoms with Crippen molar-refractivity contribution in [3.05, 3.63) is 22.4 Å². The molecule has 18 heavy (non-hydrogen) atoms. The third-order valence-electron chi connectivity index (χ3n) is 3.68. The van der Waals surface area contributed by atoms with Gasteiger partial charge in [0.15, 0.2) is 0 Å². The number of amides is 1. The second-order valence-electron chi connectivity index (χ2n) is 4.99. The van der Waals surface area contributed by atoms with Crippen molar-refractivity contribution in [1.29, 1.82) is 0 Å². The molecule has 4 nitrogen and oxygen atoms in total. The average molecular weight is 314 g/mol. The van der Waals surface area contributed by atoms with E-state index in [-0.39, 0.29) is 11.9 Å². The van der Waals surface area contributed by atoms with Crippen LogP contribution in [0.4, 0.5) is 0 Å². The molecule has 0 spiro atoms. The van der Waals surface area contributed by atoms with Crippen LogP contribution in [0.15, 0.2) is 16.7 Å². The fraction of sp³-hybridized carbons (Fsp3) is 0.615. The van der Waals surface area contributed by atoms with E-state index in [1.807, 2.05) is 35.6 Å². The molecule has 0 saturated carbocycles. The summed E-state index contributed by atoms with van der Waals surface area (Å²) in [6, 6.07) is 2.05. The summed E-state index contributed by atoms with van der Waals surface area (Å²) in [5.74, 6) is 0.549. The maximum atomic E-state index is 12.5. The smallest absolute Gasteiger partial charge is 0.270 e. The molecule has 1 aromatic heterocycles. The first-order valence-electron chi connectivity index (χ1n) is 6.43. The van der Waals surface area contributed by atoms with Gasteiger partial charge in [-0.3, -0.25) is 4.79 Å². The molecule has 2 rings (SSSR count). The molecule has 0 aromatic carbocycles. The largest absolute Gasteiger partial charge is 0.343 e. The molecule has 2 atom stereocenters. The predicted octanol–water partition coefficient (Wildman–Crippen LogP) is 2.08. The van der Waals surface area contributed by atoms with Crippen LogP contribution in [0.1, 0.15) is 30.8 Å². The molecule has 1 saturated heterocycles. The summed E-state index contributed by atoms with van der Waals surface area (Å²) in [6.45, 7) is 6.46. The van der Waals surface area contributed by atoms with E-state index < -0.39 is 0 Å². The normalized spacial score (nSPS) is 21.3. The van der Waals surface area contributed by atoms with Crippen molar-refractivity contribution in [3.63, 3.8) is 0 Å². The zero-order valence-corrected chi connectivity index (χ0v) is 12.5. The number of aryl methyl sites for hydroxylation is 1. The van der Waals surface area contributed by atoms with Gasteiger partial charge in [0.1, 0.15) is 5.69 Å². The van der Waals surface area contributed by atoms with Crippen molar-refractivity contribution in [2.75, 3.05) is 13.1 Å². The van der Waals surface area contributed by atoms with E-state index in [9.17, 15) is 4.79 Å². The predicted molar refractivity (Wildman–Crippen MR) is 75.5 cm³/mol. The van der Waals surface area contributed by atoms with Crippen molar-refractivity contribution in [2.24, 2.45) is 11.7 Å². The molecule has 1 aliphatic rings. The zero-order chi connectivity index (χ0) is 13.3. The Morgan fingerprint density at radius 2 is 2.39 bits per heavy atom. The van der Waals surface area contributed by atoms with Gasteiger partial charge in [0.25, 0.3) is 5.91 Å². The van der Waals surface area contributed by atoms with Gasteiger partial charge in [0.05, 0.1) is 0 Å². The Kier molecular flexibility index (Phi) is 4.12. The summed E-state index contributed by atoms with van der Waals surface area (Å²) in [5.41, 5.74) is 6.67. The lowest BCUT2D eigenvalue weighted by atomic mass is 10.0. The highest BCUT2D eigenvalue weighted by Crippen LogP contribution is 2.23. The number of carbonyl (C=O) groups excluding carboxylic acids is 1. The molecular formula is C13H20BrN3O. The summed E-state index contributed by atoms with van der Waals surface area (Å²) in [5, 5.41) is 0. The van der Waals surface area contributed by atoms with Crippen molar-refractivity contribution in [1.82, 2.24) is 9.47 Å². The van der Waals surface area contributed by atoms with E-state index in [0.29, 0.717) is 5.92 Å². The molecule has 1 amide bonds. The Hall–Kier alpha value is -0.810. The standard InChI is InChI=1S/C13H20BrN3O/c1-3-16-8-11(14)6-12(16)13(18)17-5-4-10(7-17)9(2)15/h6,8-10H,3-5,7,15H2,1-2H3. The van der Waals surface area contributed by atoms with Gasteiger partial charge in [-0.15, -0.1) is 0 Å². The number of carbonyl (C=O) groups is 1. The van der Waals surface area contributed by atoms with Gasteiger partial charge < -0.3 is 15.2 Å². The lowest BCUT2D eigenvalue weighted by Gasteiger charge is -2.18. The Bertz CT molecular complexity index is 441. The van der Waals surface area contributed by atoms with Crippen molar-refractivity contribution in [2.45, 2.75) is 32.9 Å². The highest BCUT2D eigenvalue weighted by molar-refractivity contribution is 9.10. The van der Waals surface area contributed by atoms with Gasteiger partial charge in [-0.2, -0.15) is 0 Å². The molecule has 0 aliphatic carbocycles. The number of aromatic nitrogens is 1. The van der Waals surface area contributed by atoms with Crippen molar-refractivity contribution < 1.29 is 4.79 Å². The SMILES string of the molecule is CCn1cc(Br)cc1C(=O)N1CCC(C(C)N)C1. The van der Waals surface area contributed by atoms with Crippen LogP contribution in [-0.4, -0.2) is 34.5 Å². The number of nitrogens with two attached hydrogens (primary N) is 1. The molecule has 2 unspecified atom stereocenters. The monoisotopic (exact) mass is 313 g/mol. The maximum absolute atomic E-state index is 12.5. The number of halogens is 1. The first-order valence-corrected chi connectivity index (χ1v) is 7.22. The third-order valence-corrected chi connectivity index (χ3v) is 4.11. The second kappa shape index (κ2) is 5.45. The van der Waals surface area contributed by atoms with E-state index in [1.165, 1.54) is 0 Å². The molecule has 1 fully saturated rings. The van der Waals surface area contributed by atoms with E-state index in [4.69, 9.17) is 5.73 Å². The van der Waals surface area contributed by atoms with E-state index in [2.05, 4.69) is 15.9 Å². The quantitative estimate of drug-likeness (QED) is 0.929. The molecule has 0 radical (unpaired) electrons. The molecule has 2 N–H and O–H groups in total. The Morgan fingerprint density at radius 1 is 1.67 bits per heavy atom. The van der Waals surface area contributed by atoms with Crippen molar-refractivity contribution >= 4 is 21.8 Å². The average Bonchev–Trinajstić information content (AvgIpc) is 2.94. The van der Waals surface area contributed by atoms with Gasteiger partial charge in [-0.05, 0) is 48.2 Å². The number of hydrogen-bond donors (Lipinski definition) is 1. The molecule has 2 heterocycles. The van der Waals surface area contributed by atoms with E-state index in [1.54, 1.807) is 0 Å². The van der Waals surface area contributed by atoms with Gasteiger partial charge >= 0.3 is 0 Å². The summed E-state index contributed by atoms with van der Waals surface area (Å²) in [6.07, 6.45) is 2.96. The van der Waals surface area contributed by atoms with Crippen molar-refractivity contribution in [3.8, 4) is 0 Å². The first-order chi connectivity index (χ1) is 8.52. The fourth-order valence-electron chi connectivity index (χ4n) is 2.48. The van der Waals surface area contributed by atoms with Crippen LogP contribution in [0.2, 0.25) is 0 Å². The lowest BCUT2D eigenvalue weighted by molar-refractivity contribution is 0.0775. The third kappa shape index (κ3) is 2.62. The summed E-state index contributed by atoms with van der Waals surface area (Å²) < 4.78 is 2.93. The number of likely N-dealkylation sites (tertiary alicyclic amines) is 1. The minimum atomic E-state index is 0.116. The summed E-state index contributed by atoms with van der Waals surface area (Å²) in [4.78, 5) is 14.4. The first kappa shape index (κ1) is 13.6. The minimum Gasteiger partial charge on any atom is -0.343 e. The molecule has 1 aliphatic heterocycles. The highest BCUT2D eigenvalue weighted by Gasteiger charge is 2.30. The van der Waals surface area contributed by atoms with Gasteiger partial charge in [-0.1, -0.05) is 0 Å². The lowest BCUT2D eigenvalue weighted by Crippen LogP contribution is -2.33. The van der Waals surface area contributed by atoms with E-state index in [0.717, 1.165) is 36.2 Å². The van der Waals surface area contributed by atoms with Gasteiger partial charge in [0.2, 0.25) is 0 Å². The summed E-state index contributed by atoms with van der Waals surface area (Å²) >= 11 is 3.42.